The molecule has 0 saturated heterocycles. The third kappa shape index (κ3) is 6.59. The van der Waals surface area contributed by atoms with Crippen molar-refractivity contribution in [1.82, 2.24) is 5.32 Å². The molecule has 0 saturated carbocycles. The van der Waals surface area contributed by atoms with E-state index >= 15 is 0 Å². The Hall–Kier alpha value is -4.40. The molecule has 2 N–H and O–H groups in total. The summed E-state index contributed by atoms with van der Waals surface area (Å²) in [6.45, 7) is 1.68. The maximum Gasteiger partial charge on any atom is 0.262 e. The van der Waals surface area contributed by atoms with Crippen LogP contribution < -0.4 is 34.3 Å². The predicted molar refractivity (Wildman–Crippen MR) is 136 cm³/mol. The highest BCUT2D eigenvalue weighted by atomic mass is 16.5. The lowest BCUT2D eigenvalue weighted by molar-refractivity contribution is -0.118. The van der Waals surface area contributed by atoms with Crippen molar-refractivity contribution in [2.45, 2.75) is 13.0 Å². The summed E-state index contributed by atoms with van der Waals surface area (Å²) >= 11 is 0. The second-order valence-corrected chi connectivity index (χ2v) is 7.75. The number of nitrogens with one attached hydrogen (secondary N) is 2. The lowest BCUT2D eigenvalue weighted by atomic mass is 10.1. The Labute approximate surface area is 210 Å². The van der Waals surface area contributed by atoms with Crippen LogP contribution in [0.2, 0.25) is 0 Å². The van der Waals surface area contributed by atoms with E-state index in [1.165, 1.54) is 21.3 Å². The van der Waals surface area contributed by atoms with Gasteiger partial charge < -0.3 is 34.3 Å². The van der Waals surface area contributed by atoms with E-state index in [0.29, 0.717) is 40.0 Å². The fourth-order valence-corrected chi connectivity index (χ4v) is 3.46. The Balaban J connectivity index is 1.57. The predicted octanol–water partition coefficient (Wildman–Crippen LogP) is 4.23. The number of ether oxygens (including phenoxy) is 5. The van der Waals surface area contributed by atoms with E-state index in [0.717, 1.165) is 5.56 Å². The third-order valence-electron chi connectivity index (χ3n) is 5.37. The van der Waals surface area contributed by atoms with Gasteiger partial charge in [-0.2, -0.15) is 0 Å². The summed E-state index contributed by atoms with van der Waals surface area (Å²) in [7, 11) is 6.17. The number of hydrogen-bond acceptors (Lipinski definition) is 7. The Morgan fingerprint density at radius 3 is 2.06 bits per heavy atom. The van der Waals surface area contributed by atoms with Crippen molar-refractivity contribution >= 4 is 17.5 Å². The molecule has 0 spiro atoms. The maximum atomic E-state index is 12.8. The van der Waals surface area contributed by atoms with Crippen molar-refractivity contribution < 1.29 is 33.3 Å². The molecular weight excluding hydrogens is 464 g/mol. The van der Waals surface area contributed by atoms with Crippen molar-refractivity contribution in [3.8, 4) is 28.7 Å². The molecule has 1 unspecified atom stereocenters. The van der Waals surface area contributed by atoms with Gasteiger partial charge in [0.05, 0.1) is 34.5 Å². The quantitative estimate of drug-likeness (QED) is 0.411. The van der Waals surface area contributed by atoms with Crippen molar-refractivity contribution in [2.24, 2.45) is 0 Å². The van der Waals surface area contributed by atoms with Crippen LogP contribution in [0.25, 0.3) is 0 Å². The normalized spacial score (nSPS) is 11.1. The van der Waals surface area contributed by atoms with Gasteiger partial charge in [0, 0.05) is 17.3 Å². The lowest BCUT2D eigenvalue weighted by Gasteiger charge is -2.19. The number of benzene rings is 3. The molecule has 3 rings (SSSR count). The summed E-state index contributed by atoms with van der Waals surface area (Å²) in [5.74, 6) is 2.01. The number of methoxy groups -OCH3 is 4. The smallest absolute Gasteiger partial charge is 0.262 e. The van der Waals surface area contributed by atoms with Crippen LogP contribution in [-0.4, -0.2) is 46.9 Å². The van der Waals surface area contributed by atoms with Crippen LogP contribution >= 0.6 is 0 Å². The number of carbonyl (C=O) groups is 2. The summed E-state index contributed by atoms with van der Waals surface area (Å²) in [4.78, 5) is 25.0. The number of rotatable bonds is 11. The third-order valence-corrected chi connectivity index (χ3v) is 5.37. The van der Waals surface area contributed by atoms with Gasteiger partial charge in [-0.15, -0.1) is 0 Å². The van der Waals surface area contributed by atoms with E-state index < -0.39 is 0 Å². The first-order valence-electron chi connectivity index (χ1n) is 11.2. The summed E-state index contributed by atoms with van der Waals surface area (Å²) < 4.78 is 26.8. The molecule has 0 aliphatic carbocycles. The second-order valence-electron chi connectivity index (χ2n) is 7.75. The highest BCUT2D eigenvalue weighted by Crippen LogP contribution is 2.39. The standard InChI is InChI=1S/C27H30N2O7/c1-17(19-13-23(33-3)26(35-5)24(14-19)34-4)28-27(31)18-9-11-21(12-10-18)36-16-25(30)29-20-7-6-8-22(15-20)32-2/h6-15,17H,16H2,1-5H3,(H,28,31)(H,29,30). The first kappa shape index (κ1) is 26.2. The molecule has 2 amide bonds. The molecule has 3 aromatic rings. The van der Waals surface area contributed by atoms with E-state index in [9.17, 15) is 9.59 Å². The molecular formula is C27H30N2O7. The minimum Gasteiger partial charge on any atom is -0.497 e. The Morgan fingerprint density at radius 2 is 1.47 bits per heavy atom. The Bertz CT molecular complexity index is 1170. The largest absolute Gasteiger partial charge is 0.497 e. The highest BCUT2D eigenvalue weighted by Gasteiger charge is 2.18. The van der Waals surface area contributed by atoms with Gasteiger partial charge in [0.2, 0.25) is 5.75 Å². The molecule has 0 heterocycles. The molecule has 9 heteroatoms. The van der Waals surface area contributed by atoms with Crippen LogP contribution in [0.5, 0.6) is 28.7 Å². The molecule has 36 heavy (non-hydrogen) atoms. The Morgan fingerprint density at radius 1 is 0.806 bits per heavy atom. The number of carbonyl (C=O) groups excluding carboxylic acids is 2. The Kier molecular flexibility index (Phi) is 8.99. The zero-order valence-electron chi connectivity index (χ0n) is 20.9. The molecule has 0 aliphatic heterocycles. The first-order chi connectivity index (χ1) is 17.4. The minimum atomic E-state index is -0.331. The molecule has 9 nitrogen and oxygen atoms in total. The summed E-state index contributed by atoms with van der Waals surface area (Å²) in [5.41, 5.74) is 1.85. The van der Waals surface area contributed by atoms with E-state index in [1.807, 2.05) is 6.92 Å². The van der Waals surface area contributed by atoms with Gasteiger partial charge in [-0.25, -0.2) is 0 Å². The van der Waals surface area contributed by atoms with Crippen molar-refractivity contribution in [2.75, 3.05) is 40.4 Å². The van der Waals surface area contributed by atoms with Crippen LogP contribution in [0.3, 0.4) is 0 Å². The van der Waals surface area contributed by atoms with Crippen LogP contribution in [0.4, 0.5) is 5.69 Å². The van der Waals surface area contributed by atoms with E-state index in [-0.39, 0.29) is 24.5 Å². The highest BCUT2D eigenvalue weighted by molar-refractivity contribution is 5.94. The average molecular weight is 495 g/mol. The molecule has 1 atom stereocenters. The summed E-state index contributed by atoms with van der Waals surface area (Å²) in [6, 6.07) is 16.8. The number of amides is 2. The van der Waals surface area contributed by atoms with Gasteiger partial charge >= 0.3 is 0 Å². The molecule has 0 radical (unpaired) electrons. The van der Waals surface area contributed by atoms with Gasteiger partial charge in [-0.1, -0.05) is 6.07 Å². The van der Waals surface area contributed by atoms with E-state index in [2.05, 4.69) is 10.6 Å². The van der Waals surface area contributed by atoms with Gasteiger partial charge in [0.1, 0.15) is 11.5 Å². The molecule has 3 aromatic carbocycles. The zero-order valence-corrected chi connectivity index (χ0v) is 20.9. The van der Waals surface area contributed by atoms with Crippen LogP contribution in [0.15, 0.2) is 60.7 Å². The molecule has 0 fully saturated rings. The monoisotopic (exact) mass is 494 g/mol. The van der Waals surface area contributed by atoms with Crippen molar-refractivity contribution in [3.63, 3.8) is 0 Å². The van der Waals surface area contributed by atoms with Crippen molar-refractivity contribution in [1.29, 1.82) is 0 Å². The zero-order chi connectivity index (χ0) is 26.1. The summed E-state index contributed by atoms with van der Waals surface area (Å²) in [5, 5.41) is 5.70. The topological polar surface area (TPSA) is 104 Å². The lowest BCUT2D eigenvalue weighted by Crippen LogP contribution is -2.26. The molecule has 190 valence electrons. The van der Waals surface area contributed by atoms with Gasteiger partial charge in [0.15, 0.2) is 18.1 Å². The average Bonchev–Trinajstić information content (AvgIpc) is 2.91. The fourth-order valence-electron chi connectivity index (χ4n) is 3.46. The van der Waals surface area contributed by atoms with Crippen molar-refractivity contribution in [3.05, 3.63) is 71.8 Å². The summed E-state index contributed by atoms with van der Waals surface area (Å²) in [6.07, 6.45) is 0. The van der Waals surface area contributed by atoms with E-state index in [1.54, 1.807) is 67.8 Å². The van der Waals surface area contributed by atoms with Crippen LogP contribution in [0, 0.1) is 0 Å². The number of anilines is 1. The van der Waals surface area contributed by atoms with Crippen LogP contribution in [0.1, 0.15) is 28.9 Å². The fraction of sp³-hybridized carbons (Fsp3) is 0.259. The molecule has 0 bridgehead atoms. The maximum absolute atomic E-state index is 12.8. The van der Waals surface area contributed by atoms with E-state index in [4.69, 9.17) is 23.7 Å². The van der Waals surface area contributed by atoms with Gasteiger partial charge in [-0.05, 0) is 61.0 Å². The van der Waals surface area contributed by atoms with Crippen LogP contribution in [-0.2, 0) is 4.79 Å². The van der Waals surface area contributed by atoms with Gasteiger partial charge in [-0.3, -0.25) is 9.59 Å². The minimum absolute atomic E-state index is 0.180. The first-order valence-corrected chi connectivity index (χ1v) is 11.2. The second kappa shape index (κ2) is 12.3. The molecule has 0 aliphatic rings. The SMILES string of the molecule is COc1cccc(NC(=O)COc2ccc(C(=O)NC(C)c3cc(OC)c(OC)c(OC)c3)cc2)c1. The molecule has 0 aromatic heterocycles. The number of hydrogen-bond donors (Lipinski definition) is 2. The van der Waals surface area contributed by atoms with Gasteiger partial charge in [0.25, 0.3) is 11.8 Å².